The Kier molecular flexibility index (Phi) is 8.01. The summed E-state index contributed by atoms with van der Waals surface area (Å²) in [7, 11) is 0. The molecule has 4 aromatic rings. The van der Waals surface area contributed by atoms with Crippen LogP contribution in [-0.2, 0) is 22.7 Å². The number of imidazole rings is 2. The van der Waals surface area contributed by atoms with Gasteiger partial charge in [-0.15, -0.1) is 0 Å². The number of nitrogens with zero attached hydrogens (tertiary/aromatic N) is 2. The highest BCUT2D eigenvalue weighted by Gasteiger charge is 2.41. The van der Waals surface area contributed by atoms with E-state index >= 15 is 0 Å². The van der Waals surface area contributed by atoms with Crippen molar-refractivity contribution in [2.45, 2.75) is 59.7 Å². The third-order valence-electron chi connectivity index (χ3n) is 7.27. The molecule has 0 fully saturated rings. The Hall–Kier alpha value is -4.24. The van der Waals surface area contributed by atoms with E-state index in [2.05, 4.69) is 54.8 Å². The van der Waals surface area contributed by atoms with Crippen LogP contribution in [0.1, 0.15) is 52.7 Å². The predicted octanol–water partition coefficient (Wildman–Crippen LogP) is 4.57. The molecule has 0 spiro atoms. The summed E-state index contributed by atoms with van der Waals surface area (Å²) >= 11 is 0. The highest BCUT2D eigenvalue weighted by molar-refractivity contribution is 5.83. The van der Waals surface area contributed by atoms with Gasteiger partial charge in [0.05, 0.1) is 47.9 Å². The van der Waals surface area contributed by atoms with E-state index in [9.17, 15) is 14.7 Å². The molecule has 0 saturated heterocycles. The Morgan fingerprint density at radius 3 is 1.56 bits per heavy atom. The SMILES string of the molecule is CCC(=O)NCc1ncc(-c2ccc(-c3ccc(-c4cnc(CNC(=O)C(C)(C)C(C)(C)O)[nH]4)cc3)cc2)[nH]1. The molecule has 0 aliphatic heterocycles. The standard InChI is InChI=1S/C30H36N6O3/c1-6-27(37)33-17-25-31-15-23(35-25)21-11-7-19(8-12-21)20-9-13-22(14-10-20)24-16-32-26(36-24)18-34-28(38)29(2,3)30(4,5)39/h7-16,39H,6,17-18H2,1-5H3,(H,31,35)(H,32,36)(H,33,37)(H,34,38). The molecular weight excluding hydrogens is 492 g/mol. The second-order valence-electron chi connectivity index (χ2n) is 10.6. The molecule has 2 aromatic heterocycles. The van der Waals surface area contributed by atoms with Gasteiger partial charge in [-0.1, -0.05) is 55.5 Å². The van der Waals surface area contributed by atoms with E-state index in [-0.39, 0.29) is 18.4 Å². The zero-order valence-corrected chi connectivity index (χ0v) is 23.1. The van der Waals surface area contributed by atoms with E-state index in [1.807, 2.05) is 31.2 Å². The molecule has 9 heteroatoms. The smallest absolute Gasteiger partial charge is 0.228 e. The van der Waals surface area contributed by atoms with Gasteiger partial charge in [0.1, 0.15) is 11.6 Å². The highest BCUT2D eigenvalue weighted by Crippen LogP contribution is 2.30. The number of hydrogen-bond donors (Lipinski definition) is 5. The molecule has 0 aliphatic carbocycles. The number of carbonyl (C=O) groups excluding carboxylic acids is 2. The van der Waals surface area contributed by atoms with E-state index in [1.165, 1.54) is 0 Å². The molecule has 0 radical (unpaired) electrons. The fourth-order valence-corrected chi connectivity index (χ4v) is 3.85. The van der Waals surface area contributed by atoms with Crippen LogP contribution in [0.2, 0.25) is 0 Å². The topological polar surface area (TPSA) is 136 Å². The van der Waals surface area contributed by atoms with Crippen LogP contribution in [0.3, 0.4) is 0 Å². The molecule has 5 N–H and O–H groups in total. The lowest BCUT2D eigenvalue weighted by Gasteiger charge is -2.35. The van der Waals surface area contributed by atoms with Gasteiger partial charge in [0.25, 0.3) is 0 Å². The lowest BCUT2D eigenvalue weighted by atomic mass is 9.76. The molecule has 9 nitrogen and oxygen atoms in total. The van der Waals surface area contributed by atoms with Crippen molar-refractivity contribution in [3.8, 4) is 33.6 Å². The maximum Gasteiger partial charge on any atom is 0.228 e. The fraction of sp³-hybridized carbons (Fsp3) is 0.333. The summed E-state index contributed by atoms with van der Waals surface area (Å²) in [5.74, 6) is 1.11. The molecule has 2 heterocycles. The van der Waals surface area contributed by atoms with Crippen LogP contribution in [0.25, 0.3) is 33.6 Å². The van der Waals surface area contributed by atoms with Crippen LogP contribution in [0, 0.1) is 5.41 Å². The van der Waals surface area contributed by atoms with Gasteiger partial charge < -0.3 is 25.7 Å². The van der Waals surface area contributed by atoms with E-state index in [4.69, 9.17) is 0 Å². The summed E-state index contributed by atoms with van der Waals surface area (Å²) in [5.41, 5.74) is 3.83. The predicted molar refractivity (Wildman–Crippen MR) is 151 cm³/mol. The highest BCUT2D eigenvalue weighted by atomic mass is 16.3. The van der Waals surface area contributed by atoms with Crippen LogP contribution in [0.5, 0.6) is 0 Å². The average molecular weight is 529 g/mol. The Bertz CT molecular complexity index is 1430. The monoisotopic (exact) mass is 528 g/mol. The number of H-pyrrole nitrogens is 2. The van der Waals surface area contributed by atoms with Crippen molar-refractivity contribution in [3.05, 3.63) is 72.6 Å². The van der Waals surface area contributed by atoms with Crippen molar-refractivity contribution in [2.75, 3.05) is 0 Å². The van der Waals surface area contributed by atoms with Gasteiger partial charge in [0, 0.05) is 6.42 Å². The number of benzene rings is 2. The Morgan fingerprint density at radius 1 is 0.744 bits per heavy atom. The van der Waals surface area contributed by atoms with Crippen molar-refractivity contribution in [3.63, 3.8) is 0 Å². The first kappa shape index (κ1) is 27.8. The Labute approximate surface area is 228 Å². The number of rotatable bonds is 10. The lowest BCUT2D eigenvalue weighted by Crippen LogP contribution is -2.50. The van der Waals surface area contributed by atoms with Gasteiger partial charge >= 0.3 is 0 Å². The summed E-state index contributed by atoms with van der Waals surface area (Å²) in [4.78, 5) is 39.3. The quantitative estimate of drug-likeness (QED) is 0.205. The lowest BCUT2D eigenvalue weighted by molar-refractivity contribution is -0.142. The number of amides is 2. The third-order valence-corrected chi connectivity index (χ3v) is 7.27. The van der Waals surface area contributed by atoms with Crippen molar-refractivity contribution in [1.29, 1.82) is 0 Å². The van der Waals surface area contributed by atoms with Crippen molar-refractivity contribution < 1.29 is 14.7 Å². The minimum atomic E-state index is -1.15. The van der Waals surface area contributed by atoms with Gasteiger partial charge in [-0.2, -0.15) is 0 Å². The molecule has 0 bridgehead atoms. The summed E-state index contributed by atoms with van der Waals surface area (Å²) in [6.45, 7) is 9.13. The fourth-order valence-electron chi connectivity index (χ4n) is 3.85. The second-order valence-corrected chi connectivity index (χ2v) is 10.6. The molecule has 204 valence electrons. The van der Waals surface area contributed by atoms with Crippen molar-refractivity contribution in [2.24, 2.45) is 5.41 Å². The van der Waals surface area contributed by atoms with Gasteiger partial charge in [-0.3, -0.25) is 9.59 Å². The Balaban J connectivity index is 1.37. The summed E-state index contributed by atoms with van der Waals surface area (Å²) in [6, 6.07) is 16.4. The van der Waals surface area contributed by atoms with E-state index in [0.29, 0.717) is 24.6 Å². The van der Waals surface area contributed by atoms with Crippen LogP contribution in [-0.4, -0.2) is 42.5 Å². The van der Waals surface area contributed by atoms with Gasteiger partial charge in [-0.25, -0.2) is 9.97 Å². The number of aromatic nitrogens is 4. The van der Waals surface area contributed by atoms with Crippen LogP contribution < -0.4 is 10.6 Å². The third kappa shape index (κ3) is 6.43. The summed E-state index contributed by atoms with van der Waals surface area (Å²) in [6.07, 6.45) is 3.97. The largest absolute Gasteiger partial charge is 0.389 e. The van der Waals surface area contributed by atoms with Crippen LogP contribution in [0.15, 0.2) is 60.9 Å². The van der Waals surface area contributed by atoms with E-state index in [1.54, 1.807) is 40.1 Å². The number of aliphatic hydroxyl groups is 1. The van der Waals surface area contributed by atoms with Gasteiger partial charge in [0.2, 0.25) is 11.8 Å². The van der Waals surface area contributed by atoms with Crippen LogP contribution >= 0.6 is 0 Å². The molecule has 0 saturated carbocycles. The Morgan fingerprint density at radius 2 is 1.15 bits per heavy atom. The molecule has 2 aromatic carbocycles. The minimum absolute atomic E-state index is 0.00708. The first-order chi connectivity index (χ1) is 18.5. The van der Waals surface area contributed by atoms with Crippen molar-refractivity contribution >= 4 is 11.8 Å². The summed E-state index contributed by atoms with van der Waals surface area (Å²) in [5, 5.41) is 16.0. The number of aromatic amines is 2. The molecule has 0 aliphatic rings. The van der Waals surface area contributed by atoms with E-state index < -0.39 is 11.0 Å². The van der Waals surface area contributed by atoms with Crippen LogP contribution in [0.4, 0.5) is 0 Å². The average Bonchev–Trinajstić information content (AvgIpc) is 3.60. The second kappa shape index (κ2) is 11.2. The van der Waals surface area contributed by atoms with E-state index in [0.717, 1.165) is 33.6 Å². The molecule has 4 rings (SSSR count). The normalized spacial score (nSPS) is 11.8. The number of nitrogens with one attached hydrogen (secondary N) is 4. The van der Waals surface area contributed by atoms with Gasteiger partial charge in [0.15, 0.2) is 0 Å². The zero-order chi connectivity index (χ0) is 28.2. The molecule has 0 unspecified atom stereocenters. The molecule has 2 amide bonds. The van der Waals surface area contributed by atoms with Crippen molar-refractivity contribution in [1.82, 2.24) is 30.6 Å². The minimum Gasteiger partial charge on any atom is -0.389 e. The first-order valence-electron chi connectivity index (χ1n) is 13.0. The maximum absolute atomic E-state index is 12.6. The number of carbonyl (C=O) groups is 2. The van der Waals surface area contributed by atoms with Gasteiger partial charge in [-0.05, 0) is 49.9 Å². The molecular formula is C30H36N6O3. The zero-order valence-electron chi connectivity index (χ0n) is 23.1. The summed E-state index contributed by atoms with van der Waals surface area (Å²) < 4.78 is 0. The molecule has 0 atom stereocenters. The maximum atomic E-state index is 12.6. The number of hydrogen-bond acceptors (Lipinski definition) is 5. The first-order valence-corrected chi connectivity index (χ1v) is 13.0. The molecule has 39 heavy (non-hydrogen) atoms.